The van der Waals surface area contributed by atoms with Gasteiger partial charge in [0.25, 0.3) is 0 Å². The van der Waals surface area contributed by atoms with E-state index < -0.39 is 10.0 Å². The molecule has 0 aliphatic carbocycles. The smallest absolute Gasteiger partial charge is 0.243 e. The van der Waals surface area contributed by atoms with Crippen LogP contribution < -0.4 is 9.64 Å². The van der Waals surface area contributed by atoms with Gasteiger partial charge in [-0.25, -0.2) is 17.9 Å². The van der Waals surface area contributed by atoms with Crippen molar-refractivity contribution < 1.29 is 13.2 Å². The minimum Gasteiger partial charge on any atom is -0.497 e. The summed E-state index contributed by atoms with van der Waals surface area (Å²) in [7, 11) is -1.99. The van der Waals surface area contributed by atoms with E-state index in [1.807, 2.05) is 41.8 Å². The van der Waals surface area contributed by atoms with Crippen LogP contribution in [-0.4, -0.2) is 60.6 Å². The van der Waals surface area contributed by atoms with Crippen molar-refractivity contribution >= 4 is 32.4 Å². The Kier molecular flexibility index (Phi) is 4.79. The molecular formula is C22H23N5O3S. The largest absolute Gasteiger partial charge is 0.497 e. The van der Waals surface area contributed by atoms with Crippen molar-refractivity contribution in [3.8, 4) is 5.75 Å². The number of anilines is 1. The van der Waals surface area contributed by atoms with Crippen molar-refractivity contribution in [1.29, 1.82) is 0 Å². The highest BCUT2D eigenvalue weighted by molar-refractivity contribution is 7.89. The lowest BCUT2D eigenvalue weighted by atomic mass is 10.2. The van der Waals surface area contributed by atoms with Gasteiger partial charge in [0.2, 0.25) is 10.0 Å². The van der Waals surface area contributed by atoms with Crippen LogP contribution in [0.4, 0.5) is 5.82 Å². The molecule has 160 valence electrons. The van der Waals surface area contributed by atoms with E-state index in [9.17, 15) is 8.42 Å². The van der Waals surface area contributed by atoms with Crippen molar-refractivity contribution in [2.45, 2.75) is 11.8 Å². The van der Waals surface area contributed by atoms with E-state index >= 15 is 0 Å². The number of piperazine rings is 1. The minimum atomic E-state index is -3.55. The standard InChI is InChI=1S/C22H23N5O3S/c1-16-15-21-23-22(19-5-3-4-6-20(19)27(21)24-16)25-11-13-26(14-12-25)31(28,29)18-9-7-17(30-2)8-10-18/h3-10,15H,11-14H2,1-2H3. The van der Waals surface area contributed by atoms with Crippen LogP contribution in [-0.2, 0) is 10.0 Å². The average Bonchev–Trinajstić information content (AvgIpc) is 3.19. The van der Waals surface area contributed by atoms with Gasteiger partial charge >= 0.3 is 0 Å². The van der Waals surface area contributed by atoms with Crippen molar-refractivity contribution in [2.75, 3.05) is 38.2 Å². The highest BCUT2D eigenvalue weighted by atomic mass is 32.2. The summed E-state index contributed by atoms with van der Waals surface area (Å²) in [6, 6.07) is 16.5. The highest BCUT2D eigenvalue weighted by Gasteiger charge is 2.29. The number of hydrogen-bond acceptors (Lipinski definition) is 6. The van der Waals surface area contributed by atoms with Crippen LogP contribution in [0.25, 0.3) is 16.6 Å². The quantitative estimate of drug-likeness (QED) is 0.488. The Balaban J connectivity index is 1.43. The zero-order valence-electron chi connectivity index (χ0n) is 17.4. The van der Waals surface area contributed by atoms with Gasteiger partial charge in [0, 0.05) is 37.6 Å². The van der Waals surface area contributed by atoms with Crippen LogP contribution in [0.2, 0.25) is 0 Å². The second kappa shape index (κ2) is 7.51. The predicted molar refractivity (Wildman–Crippen MR) is 119 cm³/mol. The van der Waals surface area contributed by atoms with Crippen LogP contribution in [0.3, 0.4) is 0 Å². The summed E-state index contributed by atoms with van der Waals surface area (Å²) in [6.45, 7) is 3.87. The van der Waals surface area contributed by atoms with Gasteiger partial charge in [-0.2, -0.15) is 9.40 Å². The Bertz CT molecular complexity index is 1360. The molecule has 5 rings (SSSR count). The molecule has 0 bridgehead atoms. The molecule has 1 fully saturated rings. The van der Waals surface area contributed by atoms with Crippen LogP contribution in [0.5, 0.6) is 5.75 Å². The molecular weight excluding hydrogens is 414 g/mol. The van der Waals surface area contributed by atoms with E-state index in [2.05, 4.69) is 10.00 Å². The molecule has 9 heteroatoms. The average molecular weight is 438 g/mol. The van der Waals surface area contributed by atoms with Gasteiger partial charge in [-0.05, 0) is 43.3 Å². The summed E-state index contributed by atoms with van der Waals surface area (Å²) in [5.74, 6) is 1.50. The second-order valence-corrected chi connectivity index (χ2v) is 9.51. The van der Waals surface area contributed by atoms with E-state index in [4.69, 9.17) is 9.72 Å². The van der Waals surface area contributed by atoms with E-state index in [0.29, 0.717) is 31.9 Å². The van der Waals surface area contributed by atoms with Gasteiger partial charge in [-0.1, -0.05) is 12.1 Å². The Morgan fingerprint density at radius 3 is 2.39 bits per heavy atom. The summed E-state index contributed by atoms with van der Waals surface area (Å²) < 4.78 is 34.6. The van der Waals surface area contributed by atoms with Gasteiger partial charge in [-0.3, -0.25) is 0 Å². The van der Waals surface area contributed by atoms with E-state index in [0.717, 1.165) is 28.1 Å². The number of aryl methyl sites for hydroxylation is 1. The highest BCUT2D eigenvalue weighted by Crippen LogP contribution is 2.28. The Morgan fingerprint density at radius 2 is 1.68 bits per heavy atom. The summed E-state index contributed by atoms with van der Waals surface area (Å²) in [5.41, 5.74) is 2.69. The van der Waals surface area contributed by atoms with Crippen LogP contribution in [0, 0.1) is 6.92 Å². The molecule has 4 aromatic rings. The number of sulfonamides is 1. The lowest BCUT2D eigenvalue weighted by Gasteiger charge is -2.35. The number of methoxy groups -OCH3 is 1. The number of aromatic nitrogens is 3. The molecule has 0 N–H and O–H groups in total. The van der Waals surface area contributed by atoms with Crippen LogP contribution >= 0.6 is 0 Å². The van der Waals surface area contributed by atoms with E-state index in [-0.39, 0.29) is 4.90 Å². The maximum Gasteiger partial charge on any atom is 0.243 e. The molecule has 0 saturated carbocycles. The number of fused-ring (bicyclic) bond motifs is 3. The van der Waals surface area contributed by atoms with Crippen molar-refractivity contribution in [1.82, 2.24) is 18.9 Å². The molecule has 0 spiro atoms. The lowest BCUT2D eigenvalue weighted by Crippen LogP contribution is -2.49. The molecule has 1 aliphatic heterocycles. The van der Waals surface area contributed by atoms with Gasteiger partial charge in [-0.15, -0.1) is 0 Å². The second-order valence-electron chi connectivity index (χ2n) is 7.57. The fourth-order valence-electron chi connectivity index (χ4n) is 4.04. The molecule has 0 radical (unpaired) electrons. The zero-order chi connectivity index (χ0) is 21.6. The fourth-order valence-corrected chi connectivity index (χ4v) is 5.46. The van der Waals surface area contributed by atoms with E-state index in [1.54, 1.807) is 31.4 Å². The van der Waals surface area contributed by atoms with Crippen LogP contribution in [0.1, 0.15) is 5.69 Å². The molecule has 3 heterocycles. The number of rotatable bonds is 4. The number of nitrogens with zero attached hydrogens (tertiary/aromatic N) is 5. The molecule has 2 aromatic carbocycles. The first-order chi connectivity index (χ1) is 15.0. The Morgan fingerprint density at radius 1 is 0.968 bits per heavy atom. The van der Waals surface area contributed by atoms with Crippen molar-refractivity contribution in [2.24, 2.45) is 0 Å². The minimum absolute atomic E-state index is 0.279. The van der Waals surface area contributed by atoms with Gasteiger partial charge in [0.05, 0.1) is 23.2 Å². The maximum absolute atomic E-state index is 13.1. The SMILES string of the molecule is COc1ccc(S(=O)(=O)N2CCN(c3nc4cc(C)nn4c4ccccc34)CC2)cc1. The molecule has 31 heavy (non-hydrogen) atoms. The topological polar surface area (TPSA) is 80.0 Å². The van der Waals surface area contributed by atoms with E-state index in [1.165, 1.54) is 4.31 Å². The van der Waals surface area contributed by atoms with Gasteiger partial charge in [0.1, 0.15) is 11.6 Å². The maximum atomic E-state index is 13.1. The number of ether oxygens (including phenoxy) is 1. The molecule has 0 amide bonds. The fraction of sp³-hybridized carbons (Fsp3) is 0.273. The summed E-state index contributed by atoms with van der Waals surface area (Å²) in [6.07, 6.45) is 0. The number of para-hydroxylation sites is 1. The third-order valence-electron chi connectivity index (χ3n) is 5.64. The van der Waals surface area contributed by atoms with Crippen molar-refractivity contribution in [3.05, 3.63) is 60.3 Å². The molecule has 1 saturated heterocycles. The first kappa shape index (κ1) is 19.8. The van der Waals surface area contributed by atoms with Gasteiger partial charge < -0.3 is 9.64 Å². The van der Waals surface area contributed by atoms with Crippen molar-refractivity contribution in [3.63, 3.8) is 0 Å². The molecule has 1 aliphatic rings. The normalized spacial score (nSPS) is 15.6. The predicted octanol–water partition coefficient (Wildman–Crippen LogP) is 2.71. The monoisotopic (exact) mass is 437 g/mol. The Labute approximate surface area is 180 Å². The molecule has 0 atom stereocenters. The molecule has 2 aromatic heterocycles. The summed E-state index contributed by atoms with van der Waals surface area (Å²) in [5, 5.41) is 5.56. The molecule has 8 nitrogen and oxygen atoms in total. The van der Waals surface area contributed by atoms with Gasteiger partial charge in [0.15, 0.2) is 5.65 Å². The van der Waals surface area contributed by atoms with Crippen LogP contribution in [0.15, 0.2) is 59.5 Å². The zero-order valence-corrected chi connectivity index (χ0v) is 18.2. The third kappa shape index (κ3) is 3.39. The first-order valence-corrected chi connectivity index (χ1v) is 11.6. The molecule has 0 unspecified atom stereocenters. The number of hydrogen-bond donors (Lipinski definition) is 0. The Hall–Kier alpha value is -3.17. The number of benzene rings is 2. The lowest BCUT2D eigenvalue weighted by molar-refractivity contribution is 0.384. The first-order valence-electron chi connectivity index (χ1n) is 10.1. The summed E-state index contributed by atoms with van der Waals surface area (Å²) >= 11 is 0. The third-order valence-corrected chi connectivity index (χ3v) is 7.55. The summed E-state index contributed by atoms with van der Waals surface area (Å²) in [4.78, 5) is 7.29.